The van der Waals surface area contributed by atoms with Crippen molar-refractivity contribution < 1.29 is 19.0 Å². The number of carbonyl (C=O) groups is 1. The van der Waals surface area contributed by atoms with E-state index in [1.807, 2.05) is 20.8 Å². The molecule has 5 nitrogen and oxygen atoms in total. The summed E-state index contributed by atoms with van der Waals surface area (Å²) in [6, 6.07) is 8.36. The van der Waals surface area contributed by atoms with Gasteiger partial charge < -0.3 is 9.63 Å². The van der Waals surface area contributed by atoms with Gasteiger partial charge in [0.15, 0.2) is 0 Å². The standard InChI is InChI=1S/C18H23ClNO4PS/c1-6-24-25(23,13-9-7-12(19)8-10-13)20(5)14-11-15(18(2,3)4)26-16(14)17(21)22/h7-11H,6H2,1-5H3,(H,21,22). The van der Waals surface area contributed by atoms with Gasteiger partial charge in [-0.05, 0) is 42.7 Å². The van der Waals surface area contributed by atoms with Gasteiger partial charge in [0, 0.05) is 16.9 Å². The lowest BCUT2D eigenvalue weighted by Crippen LogP contribution is -2.24. The van der Waals surface area contributed by atoms with Crippen LogP contribution in [0.25, 0.3) is 0 Å². The van der Waals surface area contributed by atoms with Crippen molar-refractivity contribution in [2.24, 2.45) is 0 Å². The first-order valence-corrected chi connectivity index (χ1v) is 10.9. The number of hydrogen-bond acceptors (Lipinski definition) is 4. The van der Waals surface area contributed by atoms with Crippen LogP contribution in [0.5, 0.6) is 0 Å². The summed E-state index contributed by atoms with van der Waals surface area (Å²) in [5.74, 6) is -1.05. The van der Waals surface area contributed by atoms with Gasteiger partial charge in [0.05, 0.1) is 17.6 Å². The Kier molecular flexibility index (Phi) is 6.24. The summed E-state index contributed by atoms with van der Waals surface area (Å²) in [6.45, 7) is 8.01. The maximum atomic E-state index is 13.7. The molecule has 0 saturated carbocycles. The molecule has 1 unspecified atom stereocenters. The molecule has 1 atom stereocenters. The second-order valence-corrected chi connectivity index (χ2v) is 10.7. The largest absolute Gasteiger partial charge is 0.477 e. The van der Waals surface area contributed by atoms with Gasteiger partial charge in [-0.3, -0.25) is 9.24 Å². The highest BCUT2D eigenvalue weighted by atomic mass is 35.5. The summed E-state index contributed by atoms with van der Waals surface area (Å²) < 4.78 is 20.8. The number of carboxylic acids is 1. The average molecular weight is 416 g/mol. The highest BCUT2D eigenvalue weighted by Crippen LogP contribution is 2.53. The summed E-state index contributed by atoms with van der Waals surface area (Å²) in [6.07, 6.45) is 0. The highest BCUT2D eigenvalue weighted by molar-refractivity contribution is 7.68. The van der Waals surface area contributed by atoms with Crippen LogP contribution in [0.15, 0.2) is 30.3 Å². The minimum absolute atomic E-state index is 0.145. The lowest BCUT2D eigenvalue weighted by Gasteiger charge is -2.29. The molecular weight excluding hydrogens is 393 g/mol. The number of rotatable bonds is 6. The SMILES string of the molecule is CCOP(=O)(c1ccc(Cl)cc1)N(C)c1cc(C(C)(C)C)sc1C(=O)O. The van der Waals surface area contributed by atoms with E-state index in [2.05, 4.69) is 0 Å². The molecule has 0 bridgehead atoms. The molecule has 0 saturated heterocycles. The Morgan fingerprint density at radius 1 is 1.31 bits per heavy atom. The van der Waals surface area contributed by atoms with Crippen LogP contribution in [0.3, 0.4) is 0 Å². The molecule has 8 heteroatoms. The Hall–Kier alpha value is -1.33. The van der Waals surface area contributed by atoms with Crippen LogP contribution in [0, 0.1) is 0 Å². The average Bonchev–Trinajstić information content (AvgIpc) is 3.00. The number of thiophene rings is 1. The Labute approximate surface area is 163 Å². The van der Waals surface area contributed by atoms with Gasteiger partial charge >= 0.3 is 13.5 Å². The van der Waals surface area contributed by atoms with Crippen LogP contribution in [0.2, 0.25) is 5.02 Å². The van der Waals surface area contributed by atoms with Gasteiger partial charge in [-0.25, -0.2) is 4.79 Å². The molecule has 0 spiro atoms. The fourth-order valence-corrected chi connectivity index (χ4v) is 5.69. The summed E-state index contributed by atoms with van der Waals surface area (Å²) in [5.41, 5.74) is 0.170. The maximum absolute atomic E-state index is 13.7. The lowest BCUT2D eigenvalue weighted by molar-refractivity contribution is 0.0703. The molecule has 142 valence electrons. The van der Waals surface area contributed by atoms with Crippen molar-refractivity contribution >= 4 is 47.4 Å². The van der Waals surface area contributed by atoms with E-state index in [1.165, 1.54) is 16.0 Å². The third kappa shape index (κ3) is 4.15. The van der Waals surface area contributed by atoms with E-state index in [9.17, 15) is 14.5 Å². The molecule has 1 aromatic carbocycles. The first kappa shape index (κ1) is 21.0. The summed E-state index contributed by atoms with van der Waals surface area (Å²) in [5, 5.41) is 10.6. The second-order valence-electron chi connectivity index (χ2n) is 6.82. The van der Waals surface area contributed by atoms with Crippen molar-refractivity contribution in [1.82, 2.24) is 0 Å². The van der Waals surface area contributed by atoms with Crippen LogP contribution >= 0.6 is 30.5 Å². The molecule has 0 fully saturated rings. The predicted molar refractivity (Wildman–Crippen MR) is 109 cm³/mol. The van der Waals surface area contributed by atoms with Crippen LogP contribution in [0.1, 0.15) is 42.2 Å². The monoisotopic (exact) mass is 415 g/mol. The zero-order valence-electron chi connectivity index (χ0n) is 15.4. The third-order valence-corrected chi connectivity index (χ3v) is 8.20. The van der Waals surface area contributed by atoms with Gasteiger partial charge in [-0.1, -0.05) is 32.4 Å². The van der Waals surface area contributed by atoms with E-state index in [0.717, 1.165) is 4.88 Å². The van der Waals surface area contributed by atoms with E-state index >= 15 is 0 Å². The topological polar surface area (TPSA) is 66.8 Å². The zero-order valence-corrected chi connectivity index (χ0v) is 17.9. The number of aromatic carboxylic acids is 1. The molecule has 26 heavy (non-hydrogen) atoms. The molecule has 2 aromatic rings. The fourth-order valence-electron chi connectivity index (χ4n) is 2.43. The van der Waals surface area contributed by atoms with E-state index in [0.29, 0.717) is 16.0 Å². The second kappa shape index (κ2) is 7.73. The molecule has 0 aliphatic rings. The maximum Gasteiger partial charge on any atom is 0.348 e. The van der Waals surface area contributed by atoms with E-state index in [1.54, 1.807) is 44.3 Å². The number of nitrogens with zero attached hydrogens (tertiary/aromatic N) is 1. The predicted octanol–water partition coefficient (Wildman–Crippen LogP) is 5.39. The minimum Gasteiger partial charge on any atom is -0.477 e. The normalized spacial score (nSPS) is 14.1. The minimum atomic E-state index is -3.49. The third-order valence-electron chi connectivity index (χ3n) is 3.85. The summed E-state index contributed by atoms with van der Waals surface area (Å²) in [7, 11) is -1.89. The molecule has 1 heterocycles. The van der Waals surface area contributed by atoms with E-state index in [4.69, 9.17) is 16.1 Å². The van der Waals surface area contributed by atoms with Crippen molar-refractivity contribution in [2.75, 3.05) is 18.3 Å². The molecule has 1 N–H and O–H groups in total. The number of hydrogen-bond donors (Lipinski definition) is 1. The van der Waals surface area contributed by atoms with Gasteiger partial charge in [0.1, 0.15) is 4.88 Å². The molecule has 0 radical (unpaired) electrons. The van der Waals surface area contributed by atoms with Gasteiger partial charge in [-0.2, -0.15) is 0 Å². The number of benzene rings is 1. The molecular formula is C18H23ClNO4PS. The first-order chi connectivity index (χ1) is 12.0. The Bertz CT molecular complexity index is 842. The molecule has 0 aliphatic carbocycles. The number of carboxylic acid groups (broad SMARTS) is 1. The zero-order chi connectivity index (χ0) is 19.7. The lowest BCUT2D eigenvalue weighted by atomic mass is 9.94. The Morgan fingerprint density at radius 2 is 1.88 bits per heavy atom. The van der Waals surface area contributed by atoms with Crippen molar-refractivity contribution in [2.45, 2.75) is 33.1 Å². The fraction of sp³-hybridized carbons (Fsp3) is 0.389. The van der Waals surface area contributed by atoms with Crippen molar-refractivity contribution in [3.8, 4) is 0 Å². The van der Waals surface area contributed by atoms with Gasteiger partial charge in [0.2, 0.25) is 0 Å². The quantitative estimate of drug-likeness (QED) is 0.641. The Balaban J connectivity index is 2.61. The van der Waals surface area contributed by atoms with E-state index in [-0.39, 0.29) is 16.9 Å². The highest BCUT2D eigenvalue weighted by Gasteiger charge is 2.35. The number of halogens is 1. The van der Waals surface area contributed by atoms with Crippen LogP contribution in [-0.4, -0.2) is 24.7 Å². The molecule has 0 aliphatic heterocycles. The van der Waals surface area contributed by atoms with Crippen LogP contribution in [-0.2, 0) is 14.5 Å². The van der Waals surface area contributed by atoms with Gasteiger partial charge in [0.25, 0.3) is 0 Å². The Morgan fingerprint density at radius 3 is 2.35 bits per heavy atom. The molecule has 0 amide bonds. The summed E-state index contributed by atoms with van der Waals surface area (Å²) >= 11 is 7.13. The van der Waals surface area contributed by atoms with E-state index < -0.39 is 13.5 Å². The molecule has 2 rings (SSSR count). The molecule has 1 aromatic heterocycles. The van der Waals surface area contributed by atoms with Crippen molar-refractivity contribution in [3.05, 3.63) is 45.1 Å². The van der Waals surface area contributed by atoms with Crippen molar-refractivity contribution in [1.29, 1.82) is 0 Å². The van der Waals surface area contributed by atoms with Crippen molar-refractivity contribution in [3.63, 3.8) is 0 Å². The van der Waals surface area contributed by atoms with Crippen LogP contribution < -0.4 is 9.97 Å². The van der Waals surface area contributed by atoms with Crippen LogP contribution in [0.4, 0.5) is 5.69 Å². The first-order valence-electron chi connectivity index (χ1n) is 8.13. The summed E-state index contributed by atoms with van der Waals surface area (Å²) in [4.78, 5) is 12.8. The van der Waals surface area contributed by atoms with Gasteiger partial charge in [-0.15, -0.1) is 11.3 Å². The smallest absolute Gasteiger partial charge is 0.348 e. The number of anilines is 1.